The van der Waals surface area contributed by atoms with Crippen LogP contribution in [0.1, 0.15) is 5.69 Å². The fourth-order valence-electron chi connectivity index (χ4n) is 2.54. The number of anilines is 1. The van der Waals surface area contributed by atoms with Crippen molar-refractivity contribution in [2.45, 2.75) is 13.5 Å². The van der Waals surface area contributed by atoms with E-state index in [1.165, 1.54) is 4.68 Å². The van der Waals surface area contributed by atoms with Crippen LogP contribution in [-0.2, 0) is 6.54 Å². The molecule has 1 saturated heterocycles. The van der Waals surface area contributed by atoms with E-state index in [2.05, 4.69) is 24.9 Å². The van der Waals surface area contributed by atoms with Crippen LogP contribution in [0.4, 0.5) is 5.82 Å². The maximum atomic E-state index is 11.6. The van der Waals surface area contributed by atoms with Crippen molar-refractivity contribution >= 4 is 5.82 Å². The third kappa shape index (κ3) is 3.48. The predicted octanol–water partition coefficient (Wildman–Crippen LogP) is 0.164. The lowest BCUT2D eigenvalue weighted by Crippen LogP contribution is -2.48. The van der Waals surface area contributed by atoms with Crippen LogP contribution >= 0.6 is 0 Å². The third-order valence-corrected chi connectivity index (χ3v) is 3.88. The van der Waals surface area contributed by atoms with Crippen molar-refractivity contribution in [2.24, 2.45) is 0 Å². The normalized spacial score (nSPS) is 16.0. The van der Waals surface area contributed by atoms with Crippen LogP contribution in [0.3, 0.4) is 0 Å². The molecule has 0 N–H and O–H groups in total. The van der Waals surface area contributed by atoms with Crippen LogP contribution in [-0.4, -0.2) is 57.4 Å². The smallest absolute Gasteiger partial charge is 0.266 e. The van der Waals surface area contributed by atoms with Crippen LogP contribution in [0.5, 0.6) is 0 Å². The summed E-state index contributed by atoms with van der Waals surface area (Å²) >= 11 is 0. The molecule has 0 atom stereocenters. The summed E-state index contributed by atoms with van der Waals surface area (Å²) in [5, 5.41) is 4.08. The van der Waals surface area contributed by atoms with Gasteiger partial charge in [-0.15, -0.1) is 0 Å². The van der Waals surface area contributed by atoms with Crippen molar-refractivity contribution < 1.29 is 0 Å². The van der Waals surface area contributed by atoms with Gasteiger partial charge in [-0.05, 0) is 13.0 Å². The van der Waals surface area contributed by atoms with Gasteiger partial charge in [0.15, 0.2) is 0 Å². The van der Waals surface area contributed by atoms with Gasteiger partial charge in [0.25, 0.3) is 5.56 Å². The zero-order valence-corrected chi connectivity index (χ0v) is 12.7. The molecule has 0 spiro atoms. The summed E-state index contributed by atoms with van der Waals surface area (Å²) in [5.41, 5.74) is 0.888. The van der Waals surface area contributed by atoms with E-state index < -0.39 is 0 Å². The van der Waals surface area contributed by atoms with E-state index in [4.69, 9.17) is 0 Å². The molecule has 0 amide bonds. The molecule has 7 heteroatoms. The van der Waals surface area contributed by atoms with Gasteiger partial charge in [-0.25, -0.2) is 9.67 Å². The Hall–Kier alpha value is -2.28. The Labute approximate surface area is 129 Å². The Balaban J connectivity index is 1.51. The zero-order valence-electron chi connectivity index (χ0n) is 12.7. The molecule has 1 aliphatic heterocycles. The minimum atomic E-state index is -0.0453. The van der Waals surface area contributed by atoms with E-state index in [9.17, 15) is 4.79 Å². The van der Waals surface area contributed by atoms with E-state index >= 15 is 0 Å². The number of nitrogens with zero attached hydrogens (tertiary/aromatic N) is 6. The van der Waals surface area contributed by atoms with Gasteiger partial charge in [0, 0.05) is 45.0 Å². The standard InChI is InChI=1S/C15H20N6O/c1-13-11-17-14(12-16-13)20-8-5-19(6-9-20)7-10-21-15(22)3-2-4-18-21/h2-4,11-12H,5-10H2,1H3. The fraction of sp³-hybridized carbons (Fsp3) is 0.467. The number of hydrogen-bond acceptors (Lipinski definition) is 6. The lowest BCUT2D eigenvalue weighted by atomic mass is 10.3. The molecule has 22 heavy (non-hydrogen) atoms. The minimum absolute atomic E-state index is 0.0453. The predicted molar refractivity (Wildman–Crippen MR) is 83.9 cm³/mol. The molecular weight excluding hydrogens is 280 g/mol. The summed E-state index contributed by atoms with van der Waals surface area (Å²) in [5.74, 6) is 0.936. The summed E-state index contributed by atoms with van der Waals surface area (Å²) in [7, 11) is 0. The van der Waals surface area contributed by atoms with E-state index in [1.807, 2.05) is 13.1 Å². The van der Waals surface area contributed by atoms with Gasteiger partial charge in [-0.2, -0.15) is 5.10 Å². The number of aryl methyl sites for hydroxylation is 1. The molecule has 2 aromatic heterocycles. The average molecular weight is 300 g/mol. The zero-order chi connectivity index (χ0) is 15.4. The van der Waals surface area contributed by atoms with Crippen LogP contribution < -0.4 is 10.5 Å². The van der Waals surface area contributed by atoms with Crippen molar-refractivity contribution in [1.82, 2.24) is 24.6 Å². The SMILES string of the molecule is Cc1cnc(N2CCN(CCn3ncccc3=O)CC2)cn1. The number of rotatable bonds is 4. The monoisotopic (exact) mass is 300 g/mol. The van der Waals surface area contributed by atoms with E-state index in [0.717, 1.165) is 44.2 Å². The highest BCUT2D eigenvalue weighted by atomic mass is 16.1. The highest BCUT2D eigenvalue weighted by Gasteiger charge is 2.18. The topological polar surface area (TPSA) is 67.2 Å². The van der Waals surface area contributed by atoms with Crippen molar-refractivity contribution in [1.29, 1.82) is 0 Å². The van der Waals surface area contributed by atoms with Crippen LogP contribution in [0.25, 0.3) is 0 Å². The van der Waals surface area contributed by atoms with Crippen LogP contribution in [0.15, 0.2) is 35.5 Å². The third-order valence-electron chi connectivity index (χ3n) is 3.88. The molecule has 3 heterocycles. The first-order chi connectivity index (χ1) is 10.7. The first kappa shape index (κ1) is 14.6. The Kier molecular flexibility index (Phi) is 4.43. The average Bonchev–Trinajstić information content (AvgIpc) is 2.55. The quantitative estimate of drug-likeness (QED) is 0.801. The molecule has 116 valence electrons. The van der Waals surface area contributed by atoms with Crippen molar-refractivity contribution in [3.05, 3.63) is 46.8 Å². The lowest BCUT2D eigenvalue weighted by Gasteiger charge is -2.35. The van der Waals surface area contributed by atoms with Gasteiger partial charge in [0.1, 0.15) is 5.82 Å². The summed E-state index contributed by atoms with van der Waals surface area (Å²) < 4.78 is 1.51. The molecule has 0 bridgehead atoms. The summed E-state index contributed by atoms with van der Waals surface area (Å²) in [6.07, 6.45) is 5.28. The number of hydrogen-bond donors (Lipinski definition) is 0. The van der Waals surface area contributed by atoms with Gasteiger partial charge in [-0.3, -0.25) is 14.7 Å². The number of aromatic nitrogens is 4. The van der Waals surface area contributed by atoms with Crippen LogP contribution in [0.2, 0.25) is 0 Å². The summed E-state index contributed by atoms with van der Waals surface area (Å²) in [6, 6.07) is 3.21. The Morgan fingerprint density at radius 2 is 1.91 bits per heavy atom. The molecule has 0 aromatic carbocycles. The Morgan fingerprint density at radius 3 is 2.59 bits per heavy atom. The van der Waals surface area contributed by atoms with E-state index in [1.54, 1.807) is 24.5 Å². The Bertz CT molecular complexity index is 660. The maximum Gasteiger partial charge on any atom is 0.266 e. The van der Waals surface area contributed by atoms with E-state index in [0.29, 0.717) is 6.54 Å². The van der Waals surface area contributed by atoms with Crippen molar-refractivity contribution in [2.75, 3.05) is 37.6 Å². The van der Waals surface area contributed by atoms with Gasteiger partial charge >= 0.3 is 0 Å². The van der Waals surface area contributed by atoms with Gasteiger partial charge in [-0.1, -0.05) is 0 Å². The molecule has 2 aromatic rings. The molecule has 0 aliphatic carbocycles. The van der Waals surface area contributed by atoms with Gasteiger partial charge in [0.05, 0.1) is 24.6 Å². The molecule has 0 saturated carbocycles. The fourth-order valence-corrected chi connectivity index (χ4v) is 2.54. The molecular formula is C15H20N6O. The first-order valence-corrected chi connectivity index (χ1v) is 7.50. The second-order valence-electron chi connectivity index (χ2n) is 5.43. The molecule has 0 unspecified atom stereocenters. The largest absolute Gasteiger partial charge is 0.353 e. The van der Waals surface area contributed by atoms with E-state index in [-0.39, 0.29) is 5.56 Å². The first-order valence-electron chi connectivity index (χ1n) is 7.50. The van der Waals surface area contributed by atoms with Gasteiger partial charge in [0.2, 0.25) is 0 Å². The van der Waals surface area contributed by atoms with Crippen LogP contribution in [0, 0.1) is 6.92 Å². The number of piperazine rings is 1. The van der Waals surface area contributed by atoms with Crippen molar-refractivity contribution in [3.8, 4) is 0 Å². The molecule has 3 rings (SSSR count). The second-order valence-corrected chi connectivity index (χ2v) is 5.43. The van der Waals surface area contributed by atoms with Gasteiger partial charge < -0.3 is 4.90 Å². The molecule has 1 aliphatic rings. The highest BCUT2D eigenvalue weighted by molar-refractivity contribution is 5.36. The van der Waals surface area contributed by atoms with Crippen molar-refractivity contribution in [3.63, 3.8) is 0 Å². The minimum Gasteiger partial charge on any atom is -0.353 e. The lowest BCUT2D eigenvalue weighted by molar-refractivity contribution is 0.242. The summed E-state index contributed by atoms with van der Waals surface area (Å²) in [6.45, 7) is 7.17. The Morgan fingerprint density at radius 1 is 1.09 bits per heavy atom. The second kappa shape index (κ2) is 6.65. The molecule has 1 fully saturated rings. The molecule has 0 radical (unpaired) electrons. The highest BCUT2D eigenvalue weighted by Crippen LogP contribution is 2.12. The molecule has 7 nitrogen and oxygen atoms in total. The maximum absolute atomic E-state index is 11.6. The summed E-state index contributed by atoms with van der Waals surface area (Å²) in [4.78, 5) is 24.9.